The minimum absolute atomic E-state index is 0.828. The molecule has 1 aliphatic heterocycles. The van der Waals surface area contributed by atoms with Gasteiger partial charge < -0.3 is 4.90 Å². The highest BCUT2D eigenvalue weighted by Gasteiger charge is 2.42. The van der Waals surface area contributed by atoms with E-state index in [1.807, 2.05) is 0 Å². The molecule has 0 unspecified atom stereocenters. The monoisotopic (exact) mass is 124 g/mol. The lowest BCUT2D eigenvalue weighted by atomic mass is 9.94. The summed E-state index contributed by atoms with van der Waals surface area (Å²) in [7, 11) is 3.92. The Morgan fingerprint density at radius 3 is 2.00 bits per heavy atom. The van der Waals surface area contributed by atoms with Crippen molar-refractivity contribution in [2.24, 2.45) is 5.41 Å². The lowest BCUT2D eigenvalue weighted by molar-refractivity contribution is 0.225. The van der Waals surface area contributed by atoms with Gasteiger partial charge in [-0.15, -0.1) is 0 Å². The maximum atomic E-state index is 3.92. The Labute approximate surface area is 57.0 Å². The van der Waals surface area contributed by atoms with E-state index in [-0.39, 0.29) is 0 Å². The third kappa shape index (κ3) is 0.983. The zero-order valence-corrected chi connectivity index (χ0v) is 5.90. The van der Waals surface area contributed by atoms with E-state index in [4.69, 9.17) is 0 Å². The number of rotatable bonds is 0. The molecule has 0 bridgehead atoms. The van der Waals surface area contributed by atoms with Crippen LogP contribution in [0.1, 0.15) is 25.7 Å². The summed E-state index contributed by atoms with van der Waals surface area (Å²) >= 11 is 0. The molecule has 1 heterocycles. The van der Waals surface area contributed by atoms with Gasteiger partial charge in [0, 0.05) is 0 Å². The van der Waals surface area contributed by atoms with Crippen LogP contribution < -0.4 is 0 Å². The molecule has 1 spiro atoms. The van der Waals surface area contributed by atoms with Crippen molar-refractivity contribution in [2.45, 2.75) is 25.7 Å². The smallest absolute Gasteiger partial charge is 0.0275 e. The van der Waals surface area contributed by atoms with Gasteiger partial charge in [-0.25, -0.2) is 0 Å². The molecule has 0 amide bonds. The summed E-state index contributed by atoms with van der Waals surface area (Å²) in [6, 6.07) is 0. The van der Waals surface area contributed by atoms with Crippen molar-refractivity contribution in [1.29, 1.82) is 0 Å². The van der Waals surface area contributed by atoms with Crippen LogP contribution in [0, 0.1) is 12.5 Å². The standard InChI is InChI=1S/C8H14N/c1-9-6-4-8(2-3-8)5-7-9/h1-7H2/q-1. The quantitative estimate of drug-likeness (QED) is 0.444. The van der Waals surface area contributed by atoms with E-state index < -0.39 is 0 Å². The Kier molecular flexibility index (Phi) is 1.10. The average molecular weight is 124 g/mol. The molecule has 1 saturated carbocycles. The summed E-state index contributed by atoms with van der Waals surface area (Å²) < 4.78 is 0. The van der Waals surface area contributed by atoms with Crippen LogP contribution in [0.3, 0.4) is 0 Å². The molecule has 2 rings (SSSR count). The largest absolute Gasteiger partial charge is 0.459 e. The highest BCUT2D eigenvalue weighted by molar-refractivity contribution is 4.96. The number of hydrogen-bond acceptors (Lipinski definition) is 1. The zero-order chi connectivity index (χ0) is 6.32. The van der Waals surface area contributed by atoms with Gasteiger partial charge in [0.05, 0.1) is 0 Å². The van der Waals surface area contributed by atoms with Crippen LogP contribution in [-0.4, -0.2) is 18.0 Å². The lowest BCUT2D eigenvalue weighted by Gasteiger charge is -2.34. The van der Waals surface area contributed by atoms with Crippen molar-refractivity contribution in [1.82, 2.24) is 4.90 Å². The van der Waals surface area contributed by atoms with Crippen LogP contribution >= 0.6 is 0 Å². The SMILES string of the molecule is [CH2-]N1CCC2(CC1)CC2. The molecule has 0 atom stereocenters. The second kappa shape index (κ2) is 1.72. The van der Waals surface area contributed by atoms with Gasteiger partial charge in [0.25, 0.3) is 0 Å². The van der Waals surface area contributed by atoms with Gasteiger partial charge in [0.1, 0.15) is 0 Å². The summed E-state index contributed by atoms with van der Waals surface area (Å²) in [5.41, 5.74) is 0.828. The first kappa shape index (κ1) is 5.72. The minimum atomic E-state index is 0.828. The van der Waals surface area contributed by atoms with Gasteiger partial charge in [-0.1, -0.05) is 0 Å². The molecular weight excluding hydrogens is 110 g/mol. The summed E-state index contributed by atoms with van der Waals surface area (Å²) in [6.45, 7) is 2.47. The normalized spacial score (nSPS) is 33.0. The van der Waals surface area contributed by atoms with Crippen molar-refractivity contribution in [3.05, 3.63) is 7.05 Å². The fraction of sp³-hybridized carbons (Fsp3) is 0.875. The molecule has 2 fully saturated rings. The van der Waals surface area contributed by atoms with Crippen LogP contribution in [0.2, 0.25) is 0 Å². The number of hydrogen-bond donors (Lipinski definition) is 0. The molecule has 0 N–H and O–H groups in total. The van der Waals surface area contributed by atoms with Gasteiger partial charge in [-0.05, 0) is 44.2 Å². The predicted molar refractivity (Wildman–Crippen MR) is 37.8 cm³/mol. The maximum Gasteiger partial charge on any atom is -0.0275 e. The van der Waals surface area contributed by atoms with E-state index in [0.717, 1.165) is 5.41 Å². The summed E-state index contributed by atoms with van der Waals surface area (Å²) in [4.78, 5) is 2.20. The van der Waals surface area contributed by atoms with Crippen LogP contribution in [0.25, 0.3) is 0 Å². The zero-order valence-electron chi connectivity index (χ0n) is 5.90. The Bertz CT molecular complexity index is 106. The third-order valence-electron chi connectivity index (χ3n) is 2.87. The Balaban J connectivity index is 1.91. The van der Waals surface area contributed by atoms with Gasteiger partial charge >= 0.3 is 0 Å². The second-order valence-electron chi connectivity index (χ2n) is 3.62. The van der Waals surface area contributed by atoms with Gasteiger partial charge in [-0.2, -0.15) is 0 Å². The molecule has 9 heavy (non-hydrogen) atoms. The van der Waals surface area contributed by atoms with Crippen molar-refractivity contribution in [3.8, 4) is 0 Å². The highest BCUT2D eigenvalue weighted by atomic mass is 15.1. The maximum absolute atomic E-state index is 3.92. The molecule has 1 nitrogen and oxygen atoms in total. The molecule has 0 radical (unpaired) electrons. The Morgan fingerprint density at radius 2 is 1.56 bits per heavy atom. The second-order valence-corrected chi connectivity index (χ2v) is 3.62. The van der Waals surface area contributed by atoms with Gasteiger partial charge in [0.15, 0.2) is 0 Å². The Morgan fingerprint density at radius 1 is 1.00 bits per heavy atom. The van der Waals surface area contributed by atoms with E-state index >= 15 is 0 Å². The predicted octanol–water partition coefficient (Wildman–Crippen LogP) is 1.65. The minimum Gasteiger partial charge on any atom is -0.459 e. The van der Waals surface area contributed by atoms with E-state index in [1.54, 1.807) is 0 Å². The van der Waals surface area contributed by atoms with Crippen molar-refractivity contribution in [2.75, 3.05) is 13.1 Å². The van der Waals surface area contributed by atoms with Crippen LogP contribution in [0.15, 0.2) is 0 Å². The summed E-state index contributed by atoms with van der Waals surface area (Å²) in [6.07, 6.45) is 5.83. The summed E-state index contributed by atoms with van der Waals surface area (Å²) in [5, 5.41) is 0. The van der Waals surface area contributed by atoms with E-state index in [0.29, 0.717) is 0 Å². The molecule has 1 aliphatic carbocycles. The van der Waals surface area contributed by atoms with Gasteiger partial charge in [0.2, 0.25) is 0 Å². The van der Waals surface area contributed by atoms with Crippen LogP contribution in [0.5, 0.6) is 0 Å². The number of piperidine rings is 1. The molecule has 1 saturated heterocycles. The third-order valence-corrected chi connectivity index (χ3v) is 2.87. The van der Waals surface area contributed by atoms with Gasteiger partial charge in [-0.3, -0.25) is 7.05 Å². The number of nitrogens with zero attached hydrogens (tertiary/aromatic N) is 1. The van der Waals surface area contributed by atoms with Crippen molar-refractivity contribution < 1.29 is 0 Å². The molecule has 52 valence electrons. The lowest BCUT2D eigenvalue weighted by Crippen LogP contribution is -2.29. The van der Waals surface area contributed by atoms with Crippen molar-refractivity contribution >= 4 is 0 Å². The highest BCUT2D eigenvalue weighted by Crippen LogP contribution is 2.53. The first-order valence-corrected chi connectivity index (χ1v) is 3.86. The fourth-order valence-corrected chi connectivity index (χ4v) is 1.70. The summed E-state index contributed by atoms with van der Waals surface area (Å²) in [5.74, 6) is 0. The van der Waals surface area contributed by atoms with E-state index in [1.165, 1.54) is 38.8 Å². The topological polar surface area (TPSA) is 3.24 Å². The Hall–Kier alpha value is -0.0400. The van der Waals surface area contributed by atoms with E-state index in [9.17, 15) is 0 Å². The molecule has 0 aromatic heterocycles. The van der Waals surface area contributed by atoms with Crippen LogP contribution in [0.4, 0.5) is 0 Å². The molecule has 1 heteroatoms. The molecular formula is C8H14N-. The number of likely N-dealkylation sites (tertiary alicyclic amines) is 1. The first-order chi connectivity index (χ1) is 4.31. The molecule has 0 aromatic carbocycles. The fourth-order valence-electron chi connectivity index (χ4n) is 1.70. The van der Waals surface area contributed by atoms with Crippen molar-refractivity contribution in [3.63, 3.8) is 0 Å². The van der Waals surface area contributed by atoms with Crippen LogP contribution in [-0.2, 0) is 0 Å². The molecule has 0 aromatic rings. The average Bonchev–Trinajstić information content (AvgIpc) is 2.60. The first-order valence-electron chi connectivity index (χ1n) is 3.86. The van der Waals surface area contributed by atoms with E-state index in [2.05, 4.69) is 11.9 Å². The molecule has 2 aliphatic rings.